The molecule has 1 heterocycles. The molecule has 0 aliphatic rings. The summed E-state index contributed by atoms with van der Waals surface area (Å²) in [5, 5.41) is 12.1. The molecule has 5 nitrogen and oxygen atoms in total. The average Bonchev–Trinajstić information content (AvgIpc) is 2.64. The lowest BCUT2D eigenvalue weighted by Gasteiger charge is -2.09. The molecule has 0 saturated heterocycles. The second kappa shape index (κ2) is 5.58. The molecule has 17 heavy (non-hydrogen) atoms. The monoisotopic (exact) mass is 265 g/mol. The topological polar surface area (TPSA) is 75.6 Å². The molecular formula is C9H9F2NO4S. The first-order chi connectivity index (χ1) is 7.91. The molecule has 2 N–H and O–H groups in total. The number of hydrogen-bond acceptors (Lipinski definition) is 4. The lowest BCUT2D eigenvalue weighted by molar-refractivity contribution is -0.138. The molecule has 0 aliphatic carbocycles. The van der Waals surface area contributed by atoms with E-state index in [4.69, 9.17) is 5.11 Å². The van der Waals surface area contributed by atoms with E-state index in [0.29, 0.717) is 0 Å². The van der Waals surface area contributed by atoms with Crippen molar-refractivity contribution in [2.24, 2.45) is 0 Å². The van der Waals surface area contributed by atoms with Gasteiger partial charge in [0.05, 0.1) is 0 Å². The number of nitrogens with one attached hydrogen (secondary N) is 1. The Bertz CT molecular complexity index is 421. The fourth-order valence-electron chi connectivity index (χ4n) is 0.976. The smallest absolute Gasteiger partial charge is 0.387 e. The standard InChI is InChI=1S/C9H9F2NO4S/c1-4(8(14)15)12-7(13)6-5(2-3-17-6)16-9(10)11/h2-4,9H,1H3,(H,12,13)(H,14,15)/t4-/m0/s1. The van der Waals surface area contributed by atoms with Crippen molar-refractivity contribution in [3.05, 3.63) is 16.3 Å². The molecule has 0 saturated carbocycles. The number of carbonyl (C=O) groups excluding carboxylic acids is 1. The summed E-state index contributed by atoms with van der Waals surface area (Å²) in [6.45, 7) is -1.77. The van der Waals surface area contributed by atoms with E-state index in [1.165, 1.54) is 18.4 Å². The van der Waals surface area contributed by atoms with Gasteiger partial charge in [-0.15, -0.1) is 11.3 Å². The largest absolute Gasteiger partial charge is 0.480 e. The highest BCUT2D eigenvalue weighted by atomic mass is 32.1. The number of halogens is 2. The summed E-state index contributed by atoms with van der Waals surface area (Å²) in [6.07, 6.45) is 0. The number of hydrogen-bond donors (Lipinski definition) is 2. The van der Waals surface area contributed by atoms with Gasteiger partial charge >= 0.3 is 12.6 Å². The number of carbonyl (C=O) groups is 2. The van der Waals surface area contributed by atoms with Crippen molar-refractivity contribution in [2.75, 3.05) is 0 Å². The number of carboxylic acids is 1. The Labute approximate surface area is 99.0 Å². The van der Waals surface area contributed by atoms with E-state index in [2.05, 4.69) is 10.1 Å². The van der Waals surface area contributed by atoms with E-state index < -0.39 is 24.5 Å². The summed E-state index contributed by atoms with van der Waals surface area (Å²) in [7, 11) is 0. The highest BCUT2D eigenvalue weighted by Gasteiger charge is 2.21. The van der Waals surface area contributed by atoms with Gasteiger partial charge in [-0.1, -0.05) is 0 Å². The van der Waals surface area contributed by atoms with Crippen LogP contribution in [0.2, 0.25) is 0 Å². The minimum absolute atomic E-state index is 0.0848. The Morgan fingerprint density at radius 1 is 1.53 bits per heavy atom. The quantitative estimate of drug-likeness (QED) is 0.847. The number of rotatable bonds is 5. The Kier molecular flexibility index (Phi) is 4.38. The lowest BCUT2D eigenvalue weighted by atomic mass is 10.3. The molecule has 1 rings (SSSR count). The molecule has 1 aromatic rings. The molecule has 1 aromatic heterocycles. The SMILES string of the molecule is C[C@H](NC(=O)c1sccc1OC(F)F)C(=O)O. The minimum Gasteiger partial charge on any atom is -0.480 e. The number of ether oxygens (including phenoxy) is 1. The molecule has 0 fully saturated rings. The van der Waals surface area contributed by atoms with Gasteiger partial charge in [-0.05, 0) is 18.4 Å². The molecule has 0 unspecified atom stereocenters. The number of carboxylic acid groups (broad SMARTS) is 1. The predicted octanol–water partition coefficient (Wildman–Crippen LogP) is 1.55. The predicted molar refractivity (Wildman–Crippen MR) is 55.5 cm³/mol. The van der Waals surface area contributed by atoms with Crippen molar-refractivity contribution in [3.8, 4) is 5.75 Å². The summed E-state index contributed by atoms with van der Waals surface area (Å²) < 4.78 is 28.1. The van der Waals surface area contributed by atoms with Gasteiger partial charge in [0.15, 0.2) is 0 Å². The number of amides is 1. The zero-order valence-corrected chi connectivity index (χ0v) is 9.46. The fraction of sp³-hybridized carbons (Fsp3) is 0.333. The van der Waals surface area contributed by atoms with Crippen LogP contribution in [-0.2, 0) is 4.79 Å². The summed E-state index contributed by atoms with van der Waals surface area (Å²) in [6, 6.07) is 0.112. The van der Waals surface area contributed by atoms with Crippen molar-refractivity contribution in [3.63, 3.8) is 0 Å². The van der Waals surface area contributed by atoms with Gasteiger partial charge < -0.3 is 15.2 Å². The molecule has 94 valence electrons. The van der Waals surface area contributed by atoms with Crippen LogP contribution >= 0.6 is 11.3 Å². The molecule has 0 bridgehead atoms. The summed E-state index contributed by atoms with van der Waals surface area (Å²) >= 11 is 0.890. The van der Waals surface area contributed by atoms with Gasteiger partial charge in [0, 0.05) is 0 Å². The molecule has 0 aromatic carbocycles. The third-order valence-electron chi connectivity index (χ3n) is 1.77. The van der Waals surface area contributed by atoms with Crippen LogP contribution in [0.3, 0.4) is 0 Å². The van der Waals surface area contributed by atoms with Crippen molar-refractivity contribution in [2.45, 2.75) is 19.6 Å². The molecule has 1 atom stereocenters. The van der Waals surface area contributed by atoms with Gasteiger partial charge in [0.25, 0.3) is 5.91 Å². The van der Waals surface area contributed by atoms with Gasteiger partial charge in [-0.3, -0.25) is 9.59 Å². The maximum Gasteiger partial charge on any atom is 0.387 e. The third-order valence-corrected chi connectivity index (χ3v) is 2.66. The first kappa shape index (κ1) is 13.4. The van der Waals surface area contributed by atoms with Gasteiger partial charge in [0.1, 0.15) is 16.7 Å². The van der Waals surface area contributed by atoms with Crippen LogP contribution in [0.5, 0.6) is 5.75 Å². The first-order valence-electron chi connectivity index (χ1n) is 4.47. The van der Waals surface area contributed by atoms with Crippen LogP contribution < -0.4 is 10.1 Å². The molecule has 1 amide bonds. The van der Waals surface area contributed by atoms with Crippen molar-refractivity contribution < 1.29 is 28.2 Å². The number of alkyl halides is 2. The Balaban J connectivity index is 2.75. The van der Waals surface area contributed by atoms with E-state index in [-0.39, 0.29) is 10.6 Å². The molecule has 0 radical (unpaired) electrons. The Hall–Kier alpha value is -1.70. The minimum atomic E-state index is -3.03. The van der Waals surface area contributed by atoms with Crippen LogP contribution in [0.15, 0.2) is 11.4 Å². The second-order valence-corrected chi connectivity index (χ2v) is 3.94. The lowest BCUT2D eigenvalue weighted by Crippen LogP contribution is -2.38. The van der Waals surface area contributed by atoms with Crippen molar-refractivity contribution >= 4 is 23.2 Å². The summed E-state index contributed by atoms with van der Waals surface area (Å²) in [5.41, 5.74) is 0. The zero-order valence-electron chi connectivity index (χ0n) is 8.65. The van der Waals surface area contributed by atoms with Crippen LogP contribution in [0, 0.1) is 0 Å². The highest BCUT2D eigenvalue weighted by molar-refractivity contribution is 7.12. The van der Waals surface area contributed by atoms with E-state index in [9.17, 15) is 18.4 Å². The average molecular weight is 265 g/mol. The Morgan fingerprint density at radius 2 is 2.18 bits per heavy atom. The highest BCUT2D eigenvalue weighted by Crippen LogP contribution is 2.26. The van der Waals surface area contributed by atoms with Gasteiger partial charge in [0.2, 0.25) is 0 Å². The van der Waals surface area contributed by atoms with E-state index >= 15 is 0 Å². The summed E-state index contributed by atoms with van der Waals surface area (Å²) in [4.78, 5) is 22.0. The van der Waals surface area contributed by atoms with Crippen LogP contribution in [0.4, 0.5) is 8.78 Å². The summed E-state index contributed by atoms with van der Waals surface area (Å²) in [5.74, 6) is -2.24. The van der Waals surface area contributed by atoms with E-state index in [0.717, 1.165) is 11.3 Å². The van der Waals surface area contributed by atoms with Crippen LogP contribution in [0.25, 0.3) is 0 Å². The Morgan fingerprint density at radius 3 is 2.71 bits per heavy atom. The third kappa shape index (κ3) is 3.66. The van der Waals surface area contributed by atoms with Gasteiger partial charge in [-0.2, -0.15) is 8.78 Å². The maximum atomic E-state index is 12.0. The van der Waals surface area contributed by atoms with E-state index in [1.54, 1.807) is 0 Å². The normalized spacial score (nSPS) is 12.2. The molecule has 0 aliphatic heterocycles. The molecule has 0 spiro atoms. The molecule has 8 heteroatoms. The van der Waals surface area contributed by atoms with Crippen LogP contribution in [-0.4, -0.2) is 29.6 Å². The van der Waals surface area contributed by atoms with Gasteiger partial charge in [-0.25, -0.2) is 0 Å². The zero-order chi connectivity index (χ0) is 13.0. The van der Waals surface area contributed by atoms with Crippen molar-refractivity contribution in [1.82, 2.24) is 5.32 Å². The van der Waals surface area contributed by atoms with Crippen LogP contribution in [0.1, 0.15) is 16.6 Å². The molecular weight excluding hydrogens is 256 g/mol. The maximum absolute atomic E-state index is 12.0. The number of aliphatic carboxylic acids is 1. The first-order valence-corrected chi connectivity index (χ1v) is 5.35. The number of thiophene rings is 1. The fourth-order valence-corrected chi connectivity index (χ4v) is 1.70. The second-order valence-electron chi connectivity index (χ2n) is 3.03. The van der Waals surface area contributed by atoms with Crippen molar-refractivity contribution in [1.29, 1.82) is 0 Å². The van der Waals surface area contributed by atoms with E-state index in [1.807, 2.05) is 0 Å².